The fourth-order valence-electron chi connectivity index (χ4n) is 1.46. The Labute approximate surface area is 111 Å². The SMILES string of the molecule is CSCCN(C)S(=O)(=O)c1cc(N)cc(C)c1F. The molecule has 1 rings (SSSR count). The van der Waals surface area contributed by atoms with E-state index >= 15 is 0 Å². The molecule has 0 radical (unpaired) electrons. The van der Waals surface area contributed by atoms with E-state index in [0.29, 0.717) is 12.3 Å². The summed E-state index contributed by atoms with van der Waals surface area (Å²) < 4.78 is 39.4. The molecule has 0 bridgehead atoms. The minimum Gasteiger partial charge on any atom is -0.399 e. The second kappa shape index (κ2) is 5.90. The van der Waals surface area contributed by atoms with E-state index in [-0.39, 0.29) is 16.1 Å². The summed E-state index contributed by atoms with van der Waals surface area (Å²) in [6.45, 7) is 1.82. The third-order valence-electron chi connectivity index (χ3n) is 2.54. The largest absolute Gasteiger partial charge is 0.399 e. The third-order valence-corrected chi connectivity index (χ3v) is 4.99. The Bertz CT molecular complexity index is 532. The van der Waals surface area contributed by atoms with Crippen LogP contribution in [-0.4, -0.2) is 38.3 Å². The number of thioether (sulfide) groups is 1. The molecule has 0 fully saturated rings. The van der Waals surface area contributed by atoms with Crippen LogP contribution in [0.2, 0.25) is 0 Å². The van der Waals surface area contributed by atoms with Crippen molar-refractivity contribution in [2.45, 2.75) is 11.8 Å². The van der Waals surface area contributed by atoms with Crippen LogP contribution in [0.5, 0.6) is 0 Å². The molecule has 0 amide bonds. The Morgan fingerprint density at radius 3 is 2.61 bits per heavy atom. The topological polar surface area (TPSA) is 63.4 Å². The minimum absolute atomic E-state index is 0.229. The first kappa shape index (κ1) is 15.3. The molecule has 0 spiro atoms. The Hall–Kier alpha value is -0.790. The van der Waals surface area contributed by atoms with Gasteiger partial charge in [-0.2, -0.15) is 11.8 Å². The van der Waals surface area contributed by atoms with Crippen LogP contribution in [0.3, 0.4) is 0 Å². The lowest BCUT2D eigenvalue weighted by atomic mass is 10.2. The van der Waals surface area contributed by atoms with Gasteiger partial charge in [-0.25, -0.2) is 17.1 Å². The summed E-state index contributed by atoms with van der Waals surface area (Å²) in [4.78, 5) is -0.358. The number of nitrogens with zero attached hydrogens (tertiary/aromatic N) is 1. The molecule has 18 heavy (non-hydrogen) atoms. The van der Waals surface area contributed by atoms with Crippen molar-refractivity contribution in [1.82, 2.24) is 4.31 Å². The van der Waals surface area contributed by atoms with Crippen molar-refractivity contribution in [2.24, 2.45) is 0 Å². The molecule has 0 unspecified atom stereocenters. The molecule has 0 heterocycles. The number of nitrogens with two attached hydrogens (primary N) is 1. The first-order valence-electron chi connectivity index (χ1n) is 5.31. The van der Waals surface area contributed by atoms with Gasteiger partial charge < -0.3 is 5.73 Å². The van der Waals surface area contributed by atoms with Crippen molar-refractivity contribution in [2.75, 3.05) is 31.3 Å². The number of sulfonamides is 1. The van der Waals surface area contributed by atoms with Gasteiger partial charge in [-0.1, -0.05) is 0 Å². The van der Waals surface area contributed by atoms with Gasteiger partial charge in [0, 0.05) is 25.0 Å². The minimum atomic E-state index is -3.82. The second-order valence-corrected chi connectivity index (χ2v) is 6.97. The first-order valence-corrected chi connectivity index (χ1v) is 8.15. The van der Waals surface area contributed by atoms with Crippen LogP contribution in [0.1, 0.15) is 5.56 Å². The van der Waals surface area contributed by atoms with E-state index in [4.69, 9.17) is 5.73 Å². The number of benzene rings is 1. The normalized spacial score (nSPS) is 12.1. The Morgan fingerprint density at radius 2 is 2.06 bits per heavy atom. The van der Waals surface area contributed by atoms with Crippen molar-refractivity contribution in [3.63, 3.8) is 0 Å². The Balaban J connectivity index is 3.20. The quantitative estimate of drug-likeness (QED) is 0.839. The molecule has 0 aliphatic carbocycles. The van der Waals surface area contributed by atoms with Gasteiger partial charge >= 0.3 is 0 Å². The molecule has 0 saturated heterocycles. The molecule has 4 nitrogen and oxygen atoms in total. The highest BCUT2D eigenvalue weighted by molar-refractivity contribution is 7.98. The van der Waals surface area contributed by atoms with Gasteiger partial charge in [0.2, 0.25) is 10.0 Å². The fraction of sp³-hybridized carbons (Fsp3) is 0.455. The third kappa shape index (κ3) is 3.15. The van der Waals surface area contributed by atoms with Gasteiger partial charge in [0.15, 0.2) is 0 Å². The number of hydrogen-bond acceptors (Lipinski definition) is 4. The van der Waals surface area contributed by atoms with Crippen LogP contribution in [0.25, 0.3) is 0 Å². The summed E-state index contributed by atoms with van der Waals surface area (Å²) in [6.07, 6.45) is 1.88. The zero-order valence-corrected chi connectivity index (χ0v) is 12.2. The molecule has 1 aromatic rings. The van der Waals surface area contributed by atoms with E-state index in [1.54, 1.807) is 0 Å². The molecular formula is C11H17FN2O2S2. The van der Waals surface area contributed by atoms with Gasteiger partial charge in [-0.05, 0) is 30.9 Å². The summed E-state index contributed by atoms with van der Waals surface area (Å²) in [6, 6.07) is 2.57. The predicted molar refractivity (Wildman–Crippen MR) is 73.7 cm³/mol. The van der Waals surface area contributed by atoms with Gasteiger partial charge in [0.05, 0.1) is 0 Å². The van der Waals surface area contributed by atoms with Crippen LogP contribution in [0.4, 0.5) is 10.1 Å². The van der Waals surface area contributed by atoms with E-state index in [2.05, 4.69) is 0 Å². The van der Waals surface area contributed by atoms with Gasteiger partial charge in [0.25, 0.3) is 0 Å². The lowest BCUT2D eigenvalue weighted by Crippen LogP contribution is -2.30. The van der Waals surface area contributed by atoms with Crippen LogP contribution < -0.4 is 5.73 Å². The van der Waals surface area contributed by atoms with Crippen molar-refractivity contribution in [3.05, 3.63) is 23.5 Å². The van der Waals surface area contributed by atoms with Crippen LogP contribution in [0.15, 0.2) is 17.0 Å². The Kier molecular flexibility index (Phi) is 5.01. The molecular weight excluding hydrogens is 275 g/mol. The maximum Gasteiger partial charge on any atom is 0.245 e. The molecule has 1 aromatic carbocycles. The van der Waals surface area contributed by atoms with Gasteiger partial charge in [0.1, 0.15) is 10.7 Å². The number of halogens is 1. The summed E-state index contributed by atoms with van der Waals surface area (Å²) in [7, 11) is -2.39. The zero-order chi connectivity index (χ0) is 13.9. The lowest BCUT2D eigenvalue weighted by molar-refractivity contribution is 0.479. The average Bonchev–Trinajstić information content (AvgIpc) is 2.30. The summed E-state index contributed by atoms with van der Waals surface area (Å²) in [5.74, 6) is -0.0845. The monoisotopic (exact) mass is 292 g/mol. The average molecular weight is 292 g/mol. The maximum absolute atomic E-state index is 13.9. The summed E-state index contributed by atoms with van der Waals surface area (Å²) in [5, 5.41) is 0. The first-order chi connectivity index (χ1) is 8.30. The molecule has 0 saturated carbocycles. The molecule has 2 N–H and O–H groups in total. The van der Waals surface area contributed by atoms with Gasteiger partial charge in [-0.15, -0.1) is 0 Å². The molecule has 0 atom stereocenters. The molecule has 7 heteroatoms. The van der Waals surface area contributed by atoms with Crippen molar-refractivity contribution in [1.29, 1.82) is 0 Å². The highest BCUT2D eigenvalue weighted by Crippen LogP contribution is 2.24. The molecule has 0 aliphatic rings. The second-order valence-electron chi connectivity index (χ2n) is 3.97. The Morgan fingerprint density at radius 1 is 1.44 bits per heavy atom. The number of nitrogen functional groups attached to an aromatic ring is 1. The van der Waals surface area contributed by atoms with E-state index in [9.17, 15) is 12.8 Å². The molecule has 0 aliphatic heterocycles. The van der Waals surface area contributed by atoms with Crippen molar-refractivity contribution in [3.8, 4) is 0 Å². The number of rotatable bonds is 5. The standard InChI is InChI=1S/C11H17FN2O2S2/c1-8-6-9(13)7-10(11(8)12)18(15,16)14(2)4-5-17-3/h6-7H,4-5,13H2,1-3H3. The van der Waals surface area contributed by atoms with Crippen LogP contribution >= 0.6 is 11.8 Å². The zero-order valence-electron chi connectivity index (χ0n) is 10.6. The number of anilines is 1. The van der Waals surface area contributed by atoms with Crippen LogP contribution in [-0.2, 0) is 10.0 Å². The van der Waals surface area contributed by atoms with Crippen molar-refractivity contribution < 1.29 is 12.8 Å². The van der Waals surface area contributed by atoms with E-state index in [1.807, 2.05) is 6.26 Å². The highest BCUT2D eigenvalue weighted by Gasteiger charge is 2.25. The van der Waals surface area contributed by atoms with E-state index in [1.165, 1.54) is 31.8 Å². The predicted octanol–water partition coefficient (Wildman–Crippen LogP) is 1.70. The summed E-state index contributed by atoms with van der Waals surface area (Å²) in [5.41, 5.74) is 6.04. The van der Waals surface area contributed by atoms with Crippen molar-refractivity contribution >= 4 is 27.5 Å². The molecule has 0 aromatic heterocycles. The molecule has 102 valence electrons. The fourth-order valence-corrected chi connectivity index (χ4v) is 3.37. The maximum atomic E-state index is 13.9. The smallest absolute Gasteiger partial charge is 0.245 e. The number of aryl methyl sites for hydroxylation is 1. The van der Waals surface area contributed by atoms with E-state index in [0.717, 1.165) is 10.4 Å². The highest BCUT2D eigenvalue weighted by atomic mass is 32.2. The van der Waals surface area contributed by atoms with Crippen LogP contribution in [0, 0.1) is 12.7 Å². The lowest BCUT2D eigenvalue weighted by Gasteiger charge is -2.18. The van der Waals surface area contributed by atoms with E-state index < -0.39 is 15.8 Å². The number of hydrogen-bond donors (Lipinski definition) is 1. The van der Waals surface area contributed by atoms with Gasteiger partial charge in [-0.3, -0.25) is 0 Å². The summed E-state index contributed by atoms with van der Waals surface area (Å²) >= 11 is 1.53.